The largest absolute Gasteiger partial charge is 0.488 e. The number of carbonyl (C=O) groups excluding carboxylic acids is 1. The van der Waals surface area contributed by atoms with Crippen molar-refractivity contribution in [3.63, 3.8) is 0 Å². The molecule has 1 amide bonds. The lowest BCUT2D eigenvalue weighted by Crippen LogP contribution is -2.24. The number of aromatic nitrogens is 1. The fourth-order valence-electron chi connectivity index (χ4n) is 3.51. The van der Waals surface area contributed by atoms with Crippen molar-refractivity contribution in [2.75, 3.05) is 5.32 Å². The molecule has 4 nitrogen and oxygen atoms in total. The fraction of sp³-hybridized carbons (Fsp3) is 0.368. The Morgan fingerprint density at radius 2 is 2.00 bits per heavy atom. The van der Waals surface area contributed by atoms with E-state index in [1.54, 1.807) is 6.20 Å². The summed E-state index contributed by atoms with van der Waals surface area (Å²) >= 11 is 0. The van der Waals surface area contributed by atoms with Gasteiger partial charge in [-0.3, -0.25) is 9.78 Å². The van der Waals surface area contributed by atoms with E-state index in [4.69, 9.17) is 4.74 Å². The number of nitrogens with zero attached hydrogens (tertiary/aromatic N) is 1. The minimum atomic E-state index is 0.144. The van der Waals surface area contributed by atoms with Crippen LogP contribution in [0.4, 0.5) is 5.69 Å². The van der Waals surface area contributed by atoms with Crippen molar-refractivity contribution < 1.29 is 9.53 Å². The number of anilines is 1. The first kappa shape index (κ1) is 14.2. The van der Waals surface area contributed by atoms with Crippen LogP contribution in [0.2, 0.25) is 0 Å². The SMILES string of the molecule is O=C(Nc1ccc2c(c1)OCc1cnccc1-2)C1CCCCC1. The van der Waals surface area contributed by atoms with Crippen LogP contribution in [0.25, 0.3) is 11.1 Å². The molecule has 2 aliphatic rings. The molecule has 23 heavy (non-hydrogen) atoms. The monoisotopic (exact) mass is 308 g/mol. The van der Waals surface area contributed by atoms with Crippen molar-refractivity contribution in [2.45, 2.75) is 38.7 Å². The van der Waals surface area contributed by atoms with E-state index < -0.39 is 0 Å². The molecule has 1 saturated carbocycles. The number of fused-ring (bicyclic) bond motifs is 3. The molecule has 1 aliphatic carbocycles. The quantitative estimate of drug-likeness (QED) is 0.906. The van der Waals surface area contributed by atoms with Crippen LogP contribution in [0, 0.1) is 5.92 Å². The van der Waals surface area contributed by atoms with E-state index in [1.807, 2.05) is 30.5 Å². The Kier molecular flexibility index (Phi) is 3.74. The fourth-order valence-corrected chi connectivity index (χ4v) is 3.51. The van der Waals surface area contributed by atoms with Crippen LogP contribution in [0.3, 0.4) is 0 Å². The number of amides is 1. The Hall–Kier alpha value is -2.36. The summed E-state index contributed by atoms with van der Waals surface area (Å²) in [6, 6.07) is 7.92. The van der Waals surface area contributed by atoms with Crippen molar-refractivity contribution in [3.05, 3.63) is 42.2 Å². The van der Waals surface area contributed by atoms with Crippen LogP contribution in [0.5, 0.6) is 5.75 Å². The van der Waals surface area contributed by atoms with Crippen LogP contribution in [0.15, 0.2) is 36.7 Å². The molecule has 4 rings (SSSR count). The van der Waals surface area contributed by atoms with Gasteiger partial charge in [0.2, 0.25) is 5.91 Å². The van der Waals surface area contributed by atoms with Gasteiger partial charge in [0.15, 0.2) is 0 Å². The lowest BCUT2D eigenvalue weighted by molar-refractivity contribution is -0.120. The second-order valence-corrected chi connectivity index (χ2v) is 6.36. The van der Waals surface area contributed by atoms with E-state index in [1.165, 1.54) is 6.42 Å². The maximum absolute atomic E-state index is 12.4. The molecule has 2 heterocycles. The molecular weight excluding hydrogens is 288 g/mol. The van der Waals surface area contributed by atoms with Gasteiger partial charge < -0.3 is 10.1 Å². The Balaban J connectivity index is 1.55. The highest BCUT2D eigenvalue weighted by Gasteiger charge is 2.22. The number of rotatable bonds is 2. The van der Waals surface area contributed by atoms with Gasteiger partial charge >= 0.3 is 0 Å². The molecule has 1 aromatic heterocycles. The highest BCUT2D eigenvalue weighted by Crippen LogP contribution is 2.38. The third-order valence-corrected chi connectivity index (χ3v) is 4.80. The molecule has 0 bridgehead atoms. The Labute approximate surface area is 135 Å². The summed E-state index contributed by atoms with van der Waals surface area (Å²) in [5.41, 5.74) is 4.13. The summed E-state index contributed by atoms with van der Waals surface area (Å²) in [5, 5.41) is 3.05. The van der Waals surface area contributed by atoms with Gasteiger partial charge in [0.05, 0.1) is 0 Å². The number of nitrogens with one attached hydrogen (secondary N) is 1. The molecule has 0 saturated heterocycles. The van der Waals surface area contributed by atoms with E-state index in [0.717, 1.165) is 53.8 Å². The van der Waals surface area contributed by atoms with Crippen LogP contribution >= 0.6 is 0 Å². The summed E-state index contributed by atoms with van der Waals surface area (Å²) in [6.07, 6.45) is 9.24. The number of benzene rings is 1. The molecule has 1 aliphatic heterocycles. The average Bonchev–Trinajstić information content (AvgIpc) is 2.62. The topological polar surface area (TPSA) is 51.2 Å². The number of hydrogen-bond acceptors (Lipinski definition) is 3. The first-order valence-electron chi connectivity index (χ1n) is 8.32. The highest BCUT2D eigenvalue weighted by molar-refractivity contribution is 5.93. The minimum Gasteiger partial charge on any atom is -0.488 e. The number of carbonyl (C=O) groups is 1. The molecule has 1 N–H and O–H groups in total. The summed E-state index contributed by atoms with van der Waals surface area (Å²) in [6.45, 7) is 0.524. The molecular formula is C19H20N2O2. The molecule has 2 aromatic rings. The number of pyridine rings is 1. The second-order valence-electron chi connectivity index (χ2n) is 6.36. The van der Waals surface area contributed by atoms with Gasteiger partial charge in [0.1, 0.15) is 12.4 Å². The molecule has 118 valence electrons. The Morgan fingerprint density at radius 1 is 1.13 bits per heavy atom. The van der Waals surface area contributed by atoms with Crippen molar-refractivity contribution in [2.24, 2.45) is 5.92 Å². The average molecular weight is 308 g/mol. The molecule has 1 aromatic carbocycles. The molecule has 0 spiro atoms. The van der Waals surface area contributed by atoms with Gasteiger partial charge in [-0.1, -0.05) is 19.3 Å². The lowest BCUT2D eigenvalue weighted by atomic mass is 9.88. The number of hydrogen-bond donors (Lipinski definition) is 1. The van der Waals surface area contributed by atoms with Crippen molar-refractivity contribution in [3.8, 4) is 16.9 Å². The molecule has 0 unspecified atom stereocenters. The van der Waals surface area contributed by atoms with Gasteiger partial charge in [-0.15, -0.1) is 0 Å². The standard InChI is InChI=1S/C19H20N2O2/c22-19(13-4-2-1-3-5-13)21-15-6-7-17-16-8-9-20-11-14(16)12-23-18(17)10-15/h6-11,13H,1-5,12H2,(H,21,22). The van der Waals surface area contributed by atoms with Gasteiger partial charge in [-0.25, -0.2) is 0 Å². The van der Waals surface area contributed by atoms with Crippen molar-refractivity contribution >= 4 is 11.6 Å². The minimum absolute atomic E-state index is 0.144. The van der Waals surface area contributed by atoms with Gasteiger partial charge in [-0.05, 0) is 36.6 Å². The number of ether oxygens (including phenoxy) is 1. The van der Waals surface area contributed by atoms with E-state index in [9.17, 15) is 4.79 Å². The van der Waals surface area contributed by atoms with E-state index >= 15 is 0 Å². The van der Waals surface area contributed by atoms with Crippen LogP contribution in [-0.4, -0.2) is 10.9 Å². The molecule has 1 fully saturated rings. The first-order valence-corrected chi connectivity index (χ1v) is 8.32. The predicted octanol–water partition coefficient (Wildman–Crippen LogP) is 4.16. The Morgan fingerprint density at radius 3 is 2.87 bits per heavy atom. The zero-order valence-corrected chi connectivity index (χ0v) is 13.0. The van der Waals surface area contributed by atoms with E-state index in [-0.39, 0.29) is 11.8 Å². The normalized spacial score (nSPS) is 16.9. The first-order chi connectivity index (χ1) is 11.3. The predicted molar refractivity (Wildman–Crippen MR) is 89.2 cm³/mol. The highest BCUT2D eigenvalue weighted by atomic mass is 16.5. The maximum Gasteiger partial charge on any atom is 0.227 e. The van der Waals surface area contributed by atoms with Crippen LogP contribution < -0.4 is 10.1 Å². The zero-order chi connectivity index (χ0) is 15.6. The zero-order valence-electron chi connectivity index (χ0n) is 13.0. The summed E-state index contributed by atoms with van der Waals surface area (Å²) in [7, 11) is 0. The Bertz CT molecular complexity index is 736. The summed E-state index contributed by atoms with van der Waals surface area (Å²) < 4.78 is 5.83. The molecule has 0 atom stereocenters. The van der Waals surface area contributed by atoms with Crippen LogP contribution in [-0.2, 0) is 11.4 Å². The maximum atomic E-state index is 12.4. The van der Waals surface area contributed by atoms with Crippen molar-refractivity contribution in [1.29, 1.82) is 0 Å². The second kappa shape index (κ2) is 6.03. The molecule has 4 heteroatoms. The molecule has 0 radical (unpaired) electrons. The third-order valence-electron chi connectivity index (χ3n) is 4.80. The van der Waals surface area contributed by atoms with E-state index in [2.05, 4.69) is 10.3 Å². The van der Waals surface area contributed by atoms with Gasteiger partial charge in [0.25, 0.3) is 0 Å². The van der Waals surface area contributed by atoms with Gasteiger partial charge in [0, 0.05) is 41.2 Å². The summed E-state index contributed by atoms with van der Waals surface area (Å²) in [5.74, 6) is 1.13. The summed E-state index contributed by atoms with van der Waals surface area (Å²) in [4.78, 5) is 16.5. The van der Waals surface area contributed by atoms with Crippen LogP contribution in [0.1, 0.15) is 37.7 Å². The van der Waals surface area contributed by atoms with Crippen molar-refractivity contribution in [1.82, 2.24) is 4.98 Å². The lowest BCUT2D eigenvalue weighted by Gasteiger charge is -2.23. The third kappa shape index (κ3) is 2.81. The van der Waals surface area contributed by atoms with Gasteiger partial charge in [-0.2, -0.15) is 0 Å². The smallest absolute Gasteiger partial charge is 0.227 e. The van der Waals surface area contributed by atoms with E-state index in [0.29, 0.717) is 6.61 Å².